The van der Waals surface area contributed by atoms with Gasteiger partial charge in [0, 0.05) is 5.57 Å². The van der Waals surface area contributed by atoms with Crippen LogP contribution in [-0.4, -0.2) is 5.94 Å². The van der Waals surface area contributed by atoms with E-state index in [0.717, 1.165) is 18.4 Å². The normalized spacial score (nSPS) is 9.69. The first-order valence-corrected chi connectivity index (χ1v) is 5.51. The van der Waals surface area contributed by atoms with Crippen molar-refractivity contribution < 1.29 is 4.79 Å². The maximum absolute atomic E-state index is 10.1. The topological polar surface area (TPSA) is 17.1 Å². The third-order valence-electron chi connectivity index (χ3n) is 2.33. The van der Waals surface area contributed by atoms with Gasteiger partial charge in [-0.3, -0.25) is 0 Å². The van der Waals surface area contributed by atoms with E-state index in [1.54, 1.807) is 0 Å². The van der Waals surface area contributed by atoms with E-state index in [-0.39, 0.29) is 0 Å². The fraction of sp³-hybridized carbons (Fsp3) is 0.833. The number of hydrogen-bond donors (Lipinski definition) is 0. The van der Waals surface area contributed by atoms with Crippen LogP contribution in [0.4, 0.5) is 0 Å². The molecule has 0 saturated carbocycles. The Balaban J connectivity index is 3.04. The second-order valence-corrected chi connectivity index (χ2v) is 3.75. The summed E-state index contributed by atoms with van der Waals surface area (Å²) in [5.74, 6) is 1.94. The number of rotatable bonds is 8. The molecule has 1 heteroatoms. The molecule has 1 nitrogen and oxygen atoms in total. The van der Waals surface area contributed by atoms with Gasteiger partial charge in [-0.2, -0.15) is 0 Å². The lowest BCUT2D eigenvalue weighted by Crippen LogP contribution is -1.82. The molecule has 0 fully saturated rings. The van der Waals surface area contributed by atoms with Crippen LogP contribution in [0.15, 0.2) is 5.57 Å². The first-order valence-electron chi connectivity index (χ1n) is 5.51. The molecule has 13 heavy (non-hydrogen) atoms. The zero-order chi connectivity index (χ0) is 9.94. The SMILES string of the molecule is CCCCCCCCCC(C)=C=O. The van der Waals surface area contributed by atoms with Gasteiger partial charge in [-0.15, -0.1) is 0 Å². The van der Waals surface area contributed by atoms with Crippen LogP contribution in [0.1, 0.15) is 65.2 Å². The van der Waals surface area contributed by atoms with Crippen LogP contribution in [0.25, 0.3) is 0 Å². The zero-order valence-corrected chi connectivity index (χ0v) is 9.07. The third kappa shape index (κ3) is 9.36. The summed E-state index contributed by atoms with van der Waals surface area (Å²) < 4.78 is 0. The van der Waals surface area contributed by atoms with Gasteiger partial charge in [0.2, 0.25) is 0 Å². The predicted octanol–water partition coefficient (Wildman–Crippen LogP) is 3.91. The maximum Gasteiger partial charge on any atom is 0.123 e. The summed E-state index contributed by atoms with van der Waals surface area (Å²) in [4.78, 5) is 10.1. The van der Waals surface area contributed by atoms with E-state index in [4.69, 9.17) is 0 Å². The average molecular weight is 182 g/mol. The first kappa shape index (κ1) is 12.4. The molecular formula is C12H22O. The number of carbonyl (C=O) groups excluding carboxylic acids is 1. The molecule has 0 bridgehead atoms. The summed E-state index contributed by atoms with van der Waals surface area (Å²) in [5.41, 5.74) is 0.869. The van der Waals surface area contributed by atoms with E-state index in [2.05, 4.69) is 6.92 Å². The molecule has 0 saturated heterocycles. The van der Waals surface area contributed by atoms with Crippen molar-refractivity contribution in [3.63, 3.8) is 0 Å². The van der Waals surface area contributed by atoms with Gasteiger partial charge in [0.1, 0.15) is 5.94 Å². The molecule has 0 spiro atoms. The molecule has 0 unspecified atom stereocenters. The second-order valence-electron chi connectivity index (χ2n) is 3.75. The van der Waals surface area contributed by atoms with Gasteiger partial charge in [0.25, 0.3) is 0 Å². The van der Waals surface area contributed by atoms with Crippen molar-refractivity contribution in [1.82, 2.24) is 0 Å². The van der Waals surface area contributed by atoms with Crippen LogP contribution in [0.5, 0.6) is 0 Å². The molecule has 0 aromatic carbocycles. The first-order chi connectivity index (χ1) is 6.31. The Morgan fingerprint density at radius 1 is 1.00 bits per heavy atom. The lowest BCUT2D eigenvalue weighted by Gasteiger charge is -1.99. The third-order valence-corrected chi connectivity index (χ3v) is 2.33. The molecule has 0 aliphatic carbocycles. The number of hydrogen-bond acceptors (Lipinski definition) is 1. The highest BCUT2D eigenvalue weighted by Crippen LogP contribution is 2.10. The summed E-state index contributed by atoms with van der Waals surface area (Å²) in [6.45, 7) is 4.10. The molecule has 0 amide bonds. The zero-order valence-electron chi connectivity index (χ0n) is 9.07. The highest BCUT2D eigenvalue weighted by Gasteiger charge is 1.92. The highest BCUT2D eigenvalue weighted by atomic mass is 16.1. The summed E-state index contributed by atoms with van der Waals surface area (Å²) in [6.07, 6.45) is 10.1. The van der Waals surface area contributed by atoms with Crippen LogP contribution in [-0.2, 0) is 4.79 Å². The van der Waals surface area contributed by atoms with Crippen molar-refractivity contribution in [2.75, 3.05) is 0 Å². The van der Waals surface area contributed by atoms with Gasteiger partial charge in [-0.1, -0.05) is 45.4 Å². The van der Waals surface area contributed by atoms with Crippen LogP contribution in [0.3, 0.4) is 0 Å². The molecule has 0 heterocycles. The standard InChI is InChI=1S/C12H22O/c1-3-4-5-6-7-8-9-10-12(2)11-13/h3-10H2,1-2H3. The minimum atomic E-state index is 0.869. The van der Waals surface area contributed by atoms with Crippen molar-refractivity contribution in [2.24, 2.45) is 0 Å². The lowest BCUT2D eigenvalue weighted by molar-refractivity contribution is 0.562. The molecule has 0 atom stereocenters. The Kier molecular flexibility index (Phi) is 9.13. The fourth-order valence-electron chi connectivity index (χ4n) is 1.40. The van der Waals surface area contributed by atoms with E-state index >= 15 is 0 Å². The Labute approximate surface area is 82.2 Å². The fourth-order valence-corrected chi connectivity index (χ4v) is 1.40. The minimum Gasteiger partial charge on any atom is -0.234 e. The monoisotopic (exact) mass is 182 g/mol. The Morgan fingerprint density at radius 3 is 2.08 bits per heavy atom. The molecule has 76 valence electrons. The molecule has 0 aromatic rings. The van der Waals surface area contributed by atoms with Crippen LogP contribution < -0.4 is 0 Å². The molecule has 0 aliphatic heterocycles. The number of unbranched alkanes of at least 4 members (excludes halogenated alkanes) is 6. The minimum absolute atomic E-state index is 0.869. The molecular weight excluding hydrogens is 160 g/mol. The van der Waals surface area contributed by atoms with Crippen LogP contribution in [0.2, 0.25) is 0 Å². The second kappa shape index (κ2) is 9.54. The largest absolute Gasteiger partial charge is 0.234 e. The summed E-state index contributed by atoms with van der Waals surface area (Å²) in [6, 6.07) is 0. The summed E-state index contributed by atoms with van der Waals surface area (Å²) in [5, 5.41) is 0. The molecule has 0 aliphatic rings. The van der Waals surface area contributed by atoms with Gasteiger partial charge >= 0.3 is 0 Å². The van der Waals surface area contributed by atoms with Crippen molar-refractivity contribution in [1.29, 1.82) is 0 Å². The Hall–Kier alpha value is -0.550. The quantitative estimate of drug-likeness (QED) is 0.411. The van der Waals surface area contributed by atoms with Gasteiger partial charge < -0.3 is 0 Å². The number of allylic oxidation sites excluding steroid dienone is 1. The molecule has 0 aromatic heterocycles. The van der Waals surface area contributed by atoms with Crippen LogP contribution >= 0.6 is 0 Å². The van der Waals surface area contributed by atoms with Crippen molar-refractivity contribution in [3.8, 4) is 0 Å². The van der Waals surface area contributed by atoms with Crippen molar-refractivity contribution >= 4 is 5.94 Å². The van der Waals surface area contributed by atoms with E-state index in [0.29, 0.717) is 0 Å². The highest BCUT2D eigenvalue weighted by molar-refractivity contribution is 5.50. The van der Waals surface area contributed by atoms with Crippen molar-refractivity contribution in [3.05, 3.63) is 5.57 Å². The van der Waals surface area contributed by atoms with Crippen molar-refractivity contribution in [2.45, 2.75) is 65.2 Å². The summed E-state index contributed by atoms with van der Waals surface area (Å²) >= 11 is 0. The maximum atomic E-state index is 10.1. The Bertz CT molecular complexity index is 155. The van der Waals surface area contributed by atoms with E-state index < -0.39 is 0 Å². The lowest BCUT2D eigenvalue weighted by atomic mass is 10.1. The summed E-state index contributed by atoms with van der Waals surface area (Å²) in [7, 11) is 0. The average Bonchev–Trinajstić information content (AvgIpc) is 2.16. The molecule has 0 radical (unpaired) electrons. The van der Waals surface area contributed by atoms with E-state index in [9.17, 15) is 4.79 Å². The van der Waals surface area contributed by atoms with E-state index in [1.807, 2.05) is 12.9 Å². The van der Waals surface area contributed by atoms with Gasteiger partial charge in [-0.25, -0.2) is 4.79 Å². The van der Waals surface area contributed by atoms with Crippen LogP contribution in [0, 0.1) is 0 Å². The van der Waals surface area contributed by atoms with Gasteiger partial charge in [-0.05, 0) is 19.8 Å². The van der Waals surface area contributed by atoms with E-state index in [1.165, 1.54) is 38.5 Å². The molecule has 0 N–H and O–H groups in total. The Morgan fingerprint density at radius 2 is 1.54 bits per heavy atom. The smallest absolute Gasteiger partial charge is 0.123 e. The predicted molar refractivity (Wildman–Crippen MR) is 57.5 cm³/mol. The molecule has 0 rings (SSSR count). The van der Waals surface area contributed by atoms with Gasteiger partial charge in [0.15, 0.2) is 0 Å². The van der Waals surface area contributed by atoms with Gasteiger partial charge in [0.05, 0.1) is 0 Å².